The summed E-state index contributed by atoms with van der Waals surface area (Å²) in [7, 11) is 0. The Labute approximate surface area is 140 Å². The topological polar surface area (TPSA) is 42.0 Å². The molecular weight excluding hydrogens is 304 g/mol. The lowest BCUT2D eigenvalue weighted by molar-refractivity contribution is 0.0950. The van der Waals surface area contributed by atoms with Crippen molar-refractivity contribution in [2.75, 3.05) is 6.54 Å². The molecule has 3 rings (SSSR count). The molecule has 118 valence electrons. The number of aromatic nitrogens is 1. The van der Waals surface area contributed by atoms with Gasteiger partial charge in [-0.05, 0) is 42.5 Å². The van der Waals surface area contributed by atoms with Crippen molar-refractivity contribution in [1.29, 1.82) is 0 Å². The van der Waals surface area contributed by atoms with E-state index in [0.717, 1.165) is 27.7 Å². The SMILES string of the molecule is Cc1ccc2nc(-c3ccsc3)cc(C(=O)NCC(C)C)c2c1. The lowest BCUT2D eigenvalue weighted by atomic mass is 10.0. The summed E-state index contributed by atoms with van der Waals surface area (Å²) >= 11 is 1.63. The first-order chi connectivity index (χ1) is 11.0. The Kier molecular flexibility index (Phi) is 4.44. The van der Waals surface area contributed by atoms with Crippen molar-refractivity contribution in [3.8, 4) is 11.3 Å². The molecule has 3 nitrogen and oxygen atoms in total. The molecule has 0 fully saturated rings. The Morgan fingerprint density at radius 2 is 2.09 bits per heavy atom. The van der Waals surface area contributed by atoms with Crippen LogP contribution in [0.2, 0.25) is 0 Å². The van der Waals surface area contributed by atoms with Crippen molar-refractivity contribution < 1.29 is 4.79 Å². The van der Waals surface area contributed by atoms with E-state index in [4.69, 9.17) is 4.98 Å². The fraction of sp³-hybridized carbons (Fsp3) is 0.263. The molecule has 0 aliphatic heterocycles. The average molecular weight is 324 g/mol. The van der Waals surface area contributed by atoms with E-state index in [1.54, 1.807) is 11.3 Å². The summed E-state index contributed by atoms with van der Waals surface area (Å²) in [5.74, 6) is 0.387. The van der Waals surface area contributed by atoms with Gasteiger partial charge < -0.3 is 5.32 Å². The number of nitrogens with one attached hydrogen (secondary N) is 1. The lowest BCUT2D eigenvalue weighted by Gasteiger charge is -2.12. The number of hydrogen-bond donors (Lipinski definition) is 1. The third-order valence-electron chi connectivity index (χ3n) is 3.70. The number of carbonyl (C=O) groups excluding carboxylic acids is 1. The molecule has 4 heteroatoms. The molecule has 0 saturated heterocycles. The highest BCUT2D eigenvalue weighted by Gasteiger charge is 2.14. The highest BCUT2D eigenvalue weighted by atomic mass is 32.1. The van der Waals surface area contributed by atoms with Crippen LogP contribution >= 0.6 is 11.3 Å². The summed E-state index contributed by atoms with van der Waals surface area (Å²) in [6.45, 7) is 6.88. The molecule has 0 aliphatic rings. The van der Waals surface area contributed by atoms with Crippen molar-refractivity contribution in [1.82, 2.24) is 10.3 Å². The van der Waals surface area contributed by atoms with Crippen LogP contribution < -0.4 is 5.32 Å². The highest BCUT2D eigenvalue weighted by molar-refractivity contribution is 7.08. The van der Waals surface area contributed by atoms with E-state index >= 15 is 0 Å². The minimum absolute atomic E-state index is 0.0341. The van der Waals surface area contributed by atoms with Crippen LogP contribution in [0.3, 0.4) is 0 Å². The first-order valence-electron chi connectivity index (χ1n) is 7.77. The molecule has 2 heterocycles. The van der Waals surface area contributed by atoms with Crippen molar-refractivity contribution in [3.63, 3.8) is 0 Å². The number of benzene rings is 1. The van der Waals surface area contributed by atoms with Crippen molar-refractivity contribution in [3.05, 3.63) is 52.2 Å². The Bertz CT molecular complexity index is 838. The molecule has 0 radical (unpaired) electrons. The fourth-order valence-corrected chi connectivity index (χ4v) is 3.13. The minimum Gasteiger partial charge on any atom is -0.352 e. The zero-order chi connectivity index (χ0) is 16.4. The maximum atomic E-state index is 12.7. The third kappa shape index (κ3) is 3.42. The van der Waals surface area contributed by atoms with Crippen LogP contribution in [0, 0.1) is 12.8 Å². The summed E-state index contributed by atoms with van der Waals surface area (Å²) in [4.78, 5) is 17.4. The molecule has 23 heavy (non-hydrogen) atoms. The van der Waals surface area contributed by atoms with Crippen molar-refractivity contribution >= 4 is 28.1 Å². The van der Waals surface area contributed by atoms with Gasteiger partial charge in [0.25, 0.3) is 5.91 Å². The first kappa shape index (κ1) is 15.7. The van der Waals surface area contributed by atoms with Crippen LogP contribution in [0.4, 0.5) is 0 Å². The Morgan fingerprint density at radius 3 is 2.78 bits per heavy atom. The van der Waals surface area contributed by atoms with Gasteiger partial charge in [0.15, 0.2) is 0 Å². The summed E-state index contributed by atoms with van der Waals surface area (Å²) in [6, 6.07) is 9.98. The van der Waals surface area contributed by atoms with Crippen LogP contribution in [0.15, 0.2) is 41.1 Å². The second-order valence-electron chi connectivity index (χ2n) is 6.19. The van der Waals surface area contributed by atoms with Gasteiger partial charge in [0.2, 0.25) is 0 Å². The Balaban J connectivity index is 2.12. The van der Waals surface area contributed by atoms with E-state index in [1.807, 2.05) is 42.6 Å². The molecule has 3 aromatic rings. The normalized spacial score (nSPS) is 11.1. The number of hydrogen-bond acceptors (Lipinski definition) is 3. The molecular formula is C19H20N2OS. The number of carbonyl (C=O) groups is 1. The molecule has 0 atom stereocenters. The minimum atomic E-state index is -0.0341. The van der Waals surface area contributed by atoms with Gasteiger partial charge in [0.1, 0.15) is 0 Å². The fourth-order valence-electron chi connectivity index (χ4n) is 2.48. The molecule has 0 saturated carbocycles. The number of fused-ring (bicyclic) bond motifs is 1. The van der Waals surface area contributed by atoms with E-state index in [2.05, 4.69) is 24.5 Å². The number of aryl methyl sites for hydroxylation is 1. The van der Waals surface area contributed by atoms with Crippen LogP contribution in [0.1, 0.15) is 29.8 Å². The molecule has 0 unspecified atom stereocenters. The lowest BCUT2D eigenvalue weighted by Crippen LogP contribution is -2.27. The number of amides is 1. The maximum Gasteiger partial charge on any atom is 0.252 e. The average Bonchev–Trinajstić information content (AvgIpc) is 3.06. The van der Waals surface area contributed by atoms with Crippen molar-refractivity contribution in [2.45, 2.75) is 20.8 Å². The summed E-state index contributed by atoms with van der Waals surface area (Å²) in [5.41, 5.74) is 4.57. The number of rotatable bonds is 4. The summed E-state index contributed by atoms with van der Waals surface area (Å²) in [5, 5.41) is 8.00. The summed E-state index contributed by atoms with van der Waals surface area (Å²) < 4.78 is 0. The number of thiophene rings is 1. The molecule has 1 aromatic carbocycles. The highest BCUT2D eigenvalue weighted by Crippen LogP contribution is 2.27. The van der Waals surface area contributed by atoms with E-state index in [9.17, 15) is 4.79 Å². The predicted octanol–water partition coefficient (Wildman–Crippen LogP) is 4.66. The maximum absolute atomic E-state index is 12.7. The first-order valence-corrected chi connectivity index (χ1v) is 8.71. The molecule has 1 N–H and O–H groups in total. The van der Waals surface area contributed by atoms with E-state index < -0.39 is 0 Å². The summed E-state index contributed by atoms with van der Waals surface area (Å²) in [6.07, 6.45) is 0. The molecule has 1 amide bonds. The van der Waals surface area contributed by atoms with Crippen LogP contribution in [0.5, 0.6) is 0 Å². The molecule has 0 bridgehead atoms. The van der Waals surface area contributed by atoms with E-state index in [0.29, 0.717) is 18.0 Å². The van der Waals surface area contributed by atoms with Gasteiger partial charge in [-0.3, -0.25) is 4.79 Å². The number of pyridine rings is 1. The van der Waals surface area contributed by atoms with Crippen molar-refractivity contribution in [2.24, 2.45) is 5.92 Å². The van der Waals surface area contributed by atoms with E-state index in [-0.39, 0.29) is 5.91 Å². The number of nitrogens with zero attached hydrogens (tertiary/aromatic N) is 1. The zero-order valence-corrected chi connectivity index (χ0v) is 14.4. The monoisotopic (exact) mass is 324 g/mol. The van der Waals surface area contributed by atoms with E-state index in [1.165, 1.54) is 0 Å². The van der Waals surface area contributed by atoms with Crippen LogP contribution in [-0.2, 0) is 0 Å². The van der Waals surface area contributed by atoms with Gasteiger partial charge in [-0.25, -0.2) is 4.98 Å². The van der Waals surface area contributed by atoms with Gasteiger partial charge in [-0.1, -0.05) is 25.5 Å². The van der Waals surface area contributed by atoms with Crippen LogP contribution in [0.25, 0.3) is 22.2 Å². The zero-order valence-electron chi connectivity index (χ0n) is 13.6. The van der Waals surface area contributed by atoms with Gasteiger partial charge in [-0.15, -0.1) is 0 Å². The smallest absolute Gasteiger partial charge is 0.252 e. The Hall–Kier alpha value is -2.20. The van der Waals surface area contributed by atoms with Gasteiger partial charge >= 0.3 is 0 Å². The Morgan fingerprint density at radius 1 is 1.26 bits per heavy atom. The molecule has 0 spiro atoms. The van der Waals surface area contributed by atoms with Gasteiger partial charge in [0, 0.05) is 22.9 Å². The second kappa shape index (κ2) is 6.50. The second-order valence-corrected chi connectivity index (χ2v) is 6.97. The van der Waals surface area contributed by atoms with Crippen LogP contribution in [-0.4, -0.2) is 17.4 Å². The third-order valence-corrected chi connectivity index (χ3v) is 4.38. The quantitative estimate of drug-likeness (QED) is 0.758. The molecule has 0 aliphatic carbocycles. The largest absolute Gasteiger partial charge is 0.352 e. The van der Waals surface area contributed by atoms with Gasteiger partial charge in [-0.2, -0.15) is 11.3 Å². The van der Waals surface area contributed by atoms with Gasteiger partial charge in [0.05, 0.1) is 16.8 Å². The molecule has 2 aromatic heterocycles. The standard InChI is InChI=1S/C19H20N2OS/c1-12(2)10-20-19(22)16-9-18(14-6-7-23-11-14)21-17-5-4-13(3)8-15(16)17/h4-9,11-12H,10H2,1-3H3,(H,20,22). The predicted molar refractivity (Wildman–Crippen MR) is 97.0 cm³/mol.